The summed E-state index contributed by atoms with van der Waals surface area (Å²) in [4.78, 5) is 9.08. The molecule has 0 amide bonds. The number of aliphatic imine (C=N–C) groups is 1. The molecule has 2 aromatic rings. The van der Waals surface area contributed by atoms with Crippen molar-refractivity contribution in [2.24, 2.45) is 4.99 Å². The molecule has 0 aliphatic carbocycles. The van der Waals surface area contributed by atoms with Gasteiger partial charge in [0.1, 0.15) is 11.5 Å². The minimum atomic E-state index is 0.414. The third kappa shape index (κ3) is 6.70. The second-order valence-corrected chi connectivity index (χ2v) is 8.09. The fourth-order valence-electron chi connectivity index (χ4n) is 3.98. The smallest absolute Gasteiger partial charge is 0.191 e. The van der Waals surface area contributed by atoms with Gasteiger partial charge in [0.05, 0.1) is 14.2 Å². The van der Waals surface area contributed by atoms with E-state index in [1.165, 1.54) is 5.69 Å². The van der Waals surface area contributed by atoms with Gasteiger partial charge in [-0.25, -0.2) is 0 Å². The Labute approximate surface area is 192 Å². The highest BCUT2D eigenvalue weighted by Gasteiger charge is 2.21. The van der Waals surface area contributed by atoms with Gasteiger partial charge in [0.25, 0.3) is 0 Å². The van der Waals surface area contributed by atoms with Crippen LogP contribution in [0.4, 0.5) is 11.4 Å². The van der Waals surface area contributed by atoms with Crippen LogP contribution in [0.2, 0.25) is 0 Å². The van der Waals surface area contributed by atoms with Crippen LogP contribution in [-0.2, 0) is 0 Å². The van der Waals surface area contributed by atoms with Gasteiger partial charge in [-0.3, -0.25) is 4.99 Å². The van der Waals surface area contributed by atoms with Crippen LogP contribution in [0.1, 0.15) is 19.3 Å². The first-order chi connectivity index (χ1) is 15.6. The summed E-state index contributed by atoms with van der Waals surface area (Å²) in [6.45, 7) is 3.84. The van der Waals surface area contributed by atoms with Crippen molar-refractivity contribution in [2.45, 2.75) is 25.3 Å². The minimum Gasteiger partial charge on any atom is -0.497 e. The average Bonchev–Trinajstić information content (AvgIpc) is 2.86. The summed E-state index contributed by atoms with van der Waals surface area (Å²) in [5.74, 6) is 2.53. The highest BCUT2D eigenvalue weighted by Crippen LogP contribution is 2.30. The zero-order valence-electron chi connectivity index (χ0n) is 19.8. The summed E-state index contributed by atoms with van der Waals surface area (Å²) in [7, 11) is 7.34. The summed E-state index contributed by atoms with van der Waals surface area (Å²) in [5.41, 5.74) is 2.39. The van der Waals surface area contributed by atoms with Gasteiger partial charge in [0.2, 0.25) is 0 Å². The summed E-state index contributed by atoms with van der Waals surface area (Å²) in [6, 6.07) is 16.9. The minimum absolute atomic E-state index is 0.414. The molecule has 2 N–H and O–H groups in total. The fourth-order valence-corrected chi connectivity index (χ4v) is 3.98. The normalized spacial score (nSPS) is 14.8. The number of nitrogens with zero attached hydrogens (tertiary/aromatic N) is 3. The van der Waals surface area contributed by atoms with E-state index in [0.717, 1.165) is 68.6 Å². The largest absolute Gasteiger partial charge is 0.497 e. The molecule has 1 aliphatic rings. The quantitative estimate of drug-likeness (QED) is 0.355. The van der Waals surface area contributed by atoms with Gasteiger partial charge in [0, 0.05) is 75.9 Å². The number of rotatable bonds is 9. The molecule has 32 heavy (non-hydrogen) atoms. The first-order valence-corrected chi connectivity index (χ1v) is 11.3. The maximum atomic E-state index is 5.42. The van der Waals surface area contributed by atoms with Crippen LogP contribution in [0, 0.1) is 0 Å². The molecule has 0 saturated carbocycles. The summed E-state index contributed by atoms with van der Waals surface area (Å²) >= 11 is 0. The average molecular weight is 440 g/mol. The predicted molar refractivity (Wildman–Crippen MR) is 134 cm³/mol. The Morgan fingerprint density at radius 3 is 2.31 bits per heavy atom. The third-order valence-electron chi connectivity index (χ3n) is 5.92. The standard InChI is InChI=1S/C25H37N5O2/c1-26-25(27-13-8-14-29(2)21-9-6-5-7-10-21)28-20-11-15-30(16-12-20)22-17-23(31-3)19-24(18-22)32-4/h5-7,9-10,17-20H,8,11-16H2,1-4H3,(H2,26,27,28). The van der Waals surface area contributed by atoms with Crippen LogP contribution >= 0.6 is 0 Å². The third-order valence-corrected chi connectivity index (χ3v) is 5.92. The van der Waals surface area contributed by atoms with E-state index in [1.54, 1.807) is 14.2 Å². The zero-order chi connectivity index (χ0) is 22.8. The van der Waals surface area contributed by atoms with Gasteiger partial charge in [-0.05, 0) is 31.4 Å². The molecule has 1 aliphatic heterocycles. The van der Waals surface area contributed by atoms with E-state index in [1.807, 2.05) is 19.2 Å². The number of methoxy groups -OCH3 is 2. The van der Waals surface area contributed by atoms with Crippen molar-refractivity contribution in [3.8, 4) is 11.5 Å². The lowest BCUT2D eigenvalue weighted by Gasteiger charge is -2.34. The van der Waals surface area contributed by atoms with Gasteiger partial charge >= 0.3 is 0 Å². The van der Waals surface area contributed by atoms with Crippen LogP contribution < -0.4 is 29.9 Å². The van der Waals surface area contributed by atoms with E-state index in [9.17, 15) is 0 Å². The Bertz CT molecular complexity index is 828. The highest BCUT2D eigenvalue weighted by molar-refractivity contribution is 5.80. The molecule has 1 saturated heterocycles. The van der Waals surface area contributed by atoms with E-state index in [2.05, 4.69) is 68.9 Å². The Kier molecular flexibility index (Phi) is 8.90. The van der Waals surface area contributed by atoms with Crippen molar-refractivity contribution in [3.05, 3.63) is 48.5 Å². The van der Waals surface area contributed by atoms with Crippen molar-refractivity contribution >= 4 is 17.3 Å². The van der Waals surface area contributed by atoms with Crippen molar-refractivity contribution in [2.75, 3.05) is 64.3 Å². The van der Waals surface area contributed by atoms with Crippen molar-refractivity contribution < 1.29 is 9.47 Å². The van der Waals surface area contributed by atoms with Crippen molar-refractivity contribution in [1.82, 2.24) is 10.6 Å². The van der Waals surface area contributed by atoms with Crippen LogP contribution in [0.25, 0.3) is 0 Å². The lowest BCUT2D eigenvalue weighted by Crippen LogP contribution is -2.49. The van der Waals surface area contributed by atoms with E-state index in [4.69, 9.17) is 9.47 Å². The van der Waals surface area contributed by atoms with Crippen LogP contribution in [0.15, 0.2) is 53.5 Å². The van der Waals surface area contributed by atoms with Gasteiger partial charge in [-0.2, -0.15) is 0 Å². The Morgan fingerprint density at radius 2 is 1.72 bits per heavy atom. The molecule has 0 aromatic heterocycles. The molecule has 0 unspecified atom stereocenters. The molecule has 1 heterocycles. The Morgan fingerprint density at radius 1 is 1.06 bits per heavy atom. The van der Waals surface area contributed by atoms with Gasteiger partial charge in [0.15, 0.2) is 5.96 Å². The maximum absolute atomic E-state index is 5.42. The van der Waals surface area contributed by atoms with E-state index in [-0.39, 0.29) is 0 Å². The fraction of sp³-hybridized carbons (Fsp3) is 0.480. The lowest BCUT2D eigenvalue weighted by atomic mass is 10.0. The number of hydrogen-bond acceptors (Lipinski definition) is 5. The van der Waals surface area contributed by atoms with Crippen LogP contribution in [-0.4, -0.2) is 66.5 Å². The topological polar surface area (TPSA) is 61.4 Å². The molecule has 0 bridgehead atoms. The molecule has 0 atom stereocenters. The van der Waals surface area contributed by atoms with Crippen LogP contribution in [0.3, 0.4) is 0 Å². The molecule has 0 spiro atoms. The molecule has 7 heteroatoms. The number of anilines is 2. The zero-order valence-corrected chi connectivity index (χ0v) is 19.8. The molecule has 174 valence electrons. The summed E-state index contributed by atoms with van der Waals surface area (Å²) in [5, 5.41) is 7.05. The van der Waals surface area contributed by atoms with Crippen LogP contribution in [0.5, 0.6) is 11.5 Å². The lowest BCUT2D eigenvalue weighted by molar-refractivity contribution is 0.393. The molecular formula is C25H37N5O2. The molecule has 1 fully saturated rings. The number of para-hydroxylation sites is 1. The van der Waals surface area contributed by atoms with Gasteiger partial charge in [-0.1, -0.05) is 18.2 Å². The number of piperidine rings is 1. The number of ether oxygens (including phenoxy) is 2. The van der Waals surface area contributed by atoms with Gasteiger partial charge < -0.3 is 29.9 Å². The van der Waals surface area contributed by atoms with Gasteiger partial charge in [-0.15, -0.1) is 0 Å². The highest BCUT2D eigenvalue weighted by atomic mass is 16.5. The number of hydrogen-bond donors (Lipinski definition) is 2. The molecule has 2 aromatic carbocycles. The molecular weight excluding hydrogens is 402 g/mol. The second-order valence-electron chi connectivity index (χ2n) is 8.09. The molecule has 0 radical (unpaired) electrons. The second kappa shape index (κ2) is 12.1. The maximum Gasteiger partial charge on any atom is 0.191 e. The summed E-state index contributed by atoms with van der Waals surface area (Å²) < 4.78 is 10.8. The number of guanidine groups is 1. The number of benzene rings is 2. The van der Waals surface area contributed by atoms with E-state index in [0.29, 0.717) is 6.04 Å². The SMILES string of the molecule is CN=C(NCCCN(C)c1ccccc1)NC1CCN(c2cc(OC)cc(OC)c2)CC1. The van der Waals surface area contributed by atoms with Crippen molar-refractivity contribution in [1.29, 1.82) is 0 Å². The van der Waals surface area contributed by atoms with E-state index < -0.39 is 0 Å². The molecule has 3 rings (SSSR count). The van der Waals surface area contributed by atoms with Crippen molar-refractivity contribution in [3.63, 3.8) is 0 Å². The van der Waals surface area contributed by atoms with E-state index >= 15 is 0 Å². The Hall–Kier alpha value is -3.09. The Balaban J connectivity index is 1.41. The predicted octanol–water partition coefficient (Wildman–Crippen LogP) is 3.36. The molecule has 7 nitrogen and oxygen atoms in total. The monoisotopic (exact) mass is 439 g/mol. The first kappa shape index (κ1) is 23.6. The number of nitrogens with one attached hydrogen (secondary N) is 2. The first-order valence-electron chi connectivity index (χ1n) is 11.3. The summed E-state index contributed by atoms with van der Waals surface area (Å²) in [6.07, 6.45) is 3.15.